The van der Waals surface area contributed by atoms with Crippen molar-refractivity contribution in [2.75, 3.05) is 59.3 Å². The Morgan fingerprint density at radius 2 is 2.10 bits per heavy atom. The van der Waals surface area contributed by atoms with Crippen molar-refractivity contribution >= 4 is 0 Å². The van der Waals surface area contributed by atoms with Crippen LogP contribution in [-0.2, 0) is 4.74 Å². The van der Waals surface area contributed by atoms with Gasteiger partial charge >= 0.3 is 0 Å². The summed E-state index contributed by atoms with van der Waals surface area (Å²) in [5, 5.41) is 9.78. The lowest BCUT2D eigenvalue weighted by atomic mass is 10.1. The fraction of sp³-hybridized carbons (Fsp3) is 1.00. The highest BCUT2D eigenvalue weighted by Crippen LogP contribution is 2.33. The van der Waals surface area contributed by atoms with Crippen LogP contribution in [0, 0.1) is 0 Å². The molecule has 0 amide bonds. The van der Waals surface area contributed by atoms with Gasteiger partial charge in [0.1, 0.15) is 0 Å². The highest BCUT2D eigenvalue weighted by atomic mass is 16.5. The molecule has 4 aliphatic heterocycles. The summed E-state index contributed by atoms with van der Waals surface area (Å²) in [6.07, 6.45) is 2.42. The summed E-state index contributed by atoms with van der Waals surface area (Å²) in [7, 11) is 0. The highest BCUT2D eigenvalue weighted by molar-refractivity contribution is 5.05. The van der Waals surface area contributed by atoms with Gasteiger partial charge < -0.3 is 10.1 Å². The summed E-state index contributed by atoms with van der Waals surface area (Å²) < 4.78 is 5.61. The zero-order valence-corrected chi connectivity index (χ0v) is 12.1. The number of ether oxygens (including phenoxy) is 1. The van der Waals surface area contributed by atoms with E-state index in [4.69, 9.17) is 4.74 Å². The molecule has 2 unspecified atom stereocenters. The Balaban J connectivity index is 1.64. The lowest BCUT2D eigenvalue weighted by molar-refractivity contribution is -0.120. The van der Waals surface area contributed by atoms with Gasteiger partial charge in [0.25, 0.3) is 0 Å². The molecular weight excluding hydrogens is 256 g/mol. The summed E-state index contributed by atoms with van der Waals surface area (Å²) in [6.45, 7) is 9.16. The summed E-state index contributed by atoms with van der Waals surface area (Å²) in [4.78, 5) is 5.08. The molecule has 0 aliphatic carbocycles. The van der Waals surface area contributed by atoms with Crippen LogP contribution in [-0.4, -0.2) is 85.9 Å². The minimum absolute atomic E-state index is 0.0757. The number of nitrogens with zero attached hydrogens (tertiary/aromatic N) is 3. The first-order chi connectivity index (χ1) is 9.91. The van der Waals surface area contributed by atoms with Crippen LogP contribution in [0.2, 0.25) is 0 Å². The van der Waals surface area contributed by atoms with Crippen molar-refractivity contribution < 1.29 is 4.74 Å². The smallest absolute Gasteiger partial charge is 0.158 e. The first-order valence-electron chi connectivity index (χ1n) is 7.95. The Hall–Kier alpha value is -0.280. The molecule has 4 saturated heterocycles. The molecule has 4 fully saturated rings. The Morgan fingerprint density at radius 1 is 1.10 bits per heavy atom. The number of hydrazine groups is 1. The maximum atomic E-state index is 5.61. The number of hydrogen-bond acceptors (Lipinski definition) is 7. The third-order valence-corrected chi connectivity index (χ3v) is 5.10. The molecule has 0 spiro atoms. The molecule has 0 bridgehead atoms. The zero-order chi connectivity index (χ0) is 13.4. The fourth-order valence-electron chi connectivity index (χ4n) is 4.21. The van der Waals surface area contributed by atoms with E-state index in [1.807, 2.05) is 0 Å². The summed E-state index contributed by atoms with van der Waals surface area (Å²) in [6, 6.07) is 0.496. The van der Waals surface area contributed by atoms with Gasteiger partial charge in [0.05, 0.1) is 26.0 Å². The summed E-state index contributed by atoms with van der Waals surface area (Å²) >= 11 is 0. The van der Waals surface area contributed by atoms with E-state index < -0.39 is 0 Å². The molecule has 3 N–H and O–H groups in total. The van der Waals surface area contributed by atoms with Gasteiger partial charge in [0, 0.05) is 32.7 Å². The fourth-order valence-corrected chi connectivity index (χ4v) is 4.21. The van der Waals surface area contributed by atoms with Gasteiger partial charge in [-0.2, -0.15) is 0 Å². The minimum atomic E-state index is -0.0757. The van der Waals surface area contributed by atoms with Gasteiger partial charge in [0.2, 0.25) is 0 Å². The predicted molar refractivity (Wildman–Crippen MR) is 75.6 cm³/mol. The zero-order valence-electron chi connectivity index (χ0n) is 12.1. The largest absolute Gasteiger partial charge is 0.365 e. The molecule has 0 aromatic carbocycles. The molecule has 0 aromatic heterocycles. The van der Waals surface area contributed by atoms with E-state index in [2.05, 4.69) is 30.9 Å². The van der Waals surface area contributed by atoms with Gasteiger partial charge in [0.15, 0.2) is 5.79 Å². The molecule has 0 saturated carbocycles. The summed E-state index contributed by atoms with van der Waals surface area (Å²) in [5.41, 5.74) is 3.60. The van der Waals surface area contributed by atoms with Gasteiger partial charge in [-0.15, -0.1) is 0 Å². The Kier molecular flexibility index (Phi) is 3.68. The lowest BCUT2D eigenvalue weighted by Crippen LogP contribution is -2.74. The molecule has 7 heteroatoms. The average Bonchev–Trinajstić information content (AvgIpc) is 3.23. The second-order valence-corrected chi connectivity index (χ2v) is 6.14. The molecule has 2 atom stereocenters. The third-order valence-electron chi connectivity index (χ3n) is 5.10. The molecule has 0 aromatic rings. The molecule has 0 radical (unpaired) electrons. The van der Waals surface area contributed by atoms with E-state index in [9.17, 15) is 0 Å². The van der Waals surface area contributed by atoms with Gasteiger partial charge in [-0.3, -0.25) is 20.5 Å². The van der Waals surface area contributed by atoms with E-state index in [-0.39, 0.29) is 5.79 Å². The van der Waals surface area contributed by atoms with Crippen LogP contribution in [0.1, 0.15) is 12.8 Å². The Bertz CT molecular complexity index is 320. The van der Waals surface area contributed by atoms with Crippen LogP contribution in [0.3, 0.4) is 0 Å². The molecule has 7 nitrogen and oxygen atoms in total. The van der Waals surface area contributed by atoms with Gasteiger partial charge in [-0.1, -0.05) is 0 Å². The first kappa shape index (κ1) is 13.4. The van der Waals surface area contributed by atoms with E-state index in [1.165, 1.54) is 12.8 Å². The molecular formula is C13H26N6O. The third kappa shape index (κ3) is 2.00. The second kappa shape index (κ2) is 5.49. The topological polar surface area (TPSA) is 55.0 Å². The van der Waals surface area contributed by atoms with Crippen LogP contribution in [0.4, 0.5) is 0 Å². The van der Waals surface area contributed by atoms with Crippen LogP contribution < -0.4 is 16.1 Å². The Labute approximate surface area is 120 Å². The standard InChI is InChI=1S/C13H26N6O/c1-3-16-19(6-1)13(18-7-5-14-10-18)12(2-4-15-13)17-8-9-20-11-17/h12,14-16H,1-11H2. The van der Waals surface area contributed by atoms with Crippen LogP contribution >= 0.6 is 0 Å². The van der Waals surface area contributed by atoms with E-state index in [0.29, 0.717) is 6.04 Å². The van der Waals surface area contributed by atoms with Gasteiger partial charge in [-0.25, -0.2) is 5.01 Å². The van der Waals surface area contributed by atoms with Crippen molar-refractivity contribution in [3.63, 3.8) is 0 Å². The maximum absolute atomic E-state index is 5.61. The monoisotopic (exact) mass is 282 g/mol. The minimum Gasteiger partial charge on any atom is -0.365 e. The van der Waals surface area contributed by atoms with Crippen molar-refractivity contribution in [3.05, 3.63) is 0 Å². The normalized spacial score (nSPS) is 41.1. The van der Waals surface area contributed by atoms with E-state index in [1.54, 1.807) is 0 Å². The number of hydrogen-bond donors (Lipinski definition) is 3. The SMILES string of the molecule is C1CNN(C2(N3CCNC3)NCCC2N2CCOC2)C1. The quantitative estimate of drug-likeness (QED) is 0.574. The maximum Gasteiger partial charge on any atom is 0.158 e. The van der Waals surface area contributed by atoms with Gasteiger partial charge in [-0.05, 0) is 19.4 Å². The highest BCUT2D eigenvalue weighted by Gasteiger charge is 2.55. The summed E-state index contributed by atoms with van der Waals surface area (Å²) in [5.74, 6) is -0.0757. The average molecular weight is 282 g/mol. The van der Waals surface area contributed by atoms with Crippen molar-refractivity contribution in [1.29, 1.82) is 0 Å². The molecule has 4 heterocycles. The molecule has 4 aliphatic rings. The second-order valence-electron chi connectivity index (χ2n) is 6.14. The predicted octanol–water partition coefficient (Wildman–Crippen LogP) is -1.64. The lowest BCUT2D eigenvalue weighted by Gasteiger charge is -2.50. The Morgan fingerprint density at radius 3 is 2.80 bits per heavy atom. The van der Waals surface area contributed by atoms with Crippen LogP contribution in [0.5, 0.6) is 0 Å². The van der Waals surface area contributed by atoms with E-state index in [0.717, 1.165) is 59.3 Å². The van der Waals surface area contributed by atoms with Crippen molar-refractivity contribution in [2.24, 2.45) is 0 Å². The van der Waals surface area contributed by atoms with Crippen LogP contribution in [0.25, 0.3) is 0 Å². The molecule has 114 valence electrons. The van der Waals surface area contributed by atoms with Crippen LogP contribution in [0.15, 0.2) is 0 Å². The van der Waals surface area contributed by atoms with E-state index >= 15 is 0 Å². The van der Waals surface area contributed by atoms with Crippen molar-refractivity contribution in [1.82, 2.24) is 30.9 Å². The van der Waals surface area contributed by atoms with Crippen molar-refractivity contribution in [2.45, 2.75) is 24.7 Å². The first-order valence-corrected chi connectivity index (χ1v) is 7.95. The number of rotatable bonds is 3. The van der Waals surface area contributed by atoms with Crippen molar-refractivity contribution in [3.8, 4) is 0 Å². The molecule has 20 heavy (non-hydrogen) atoms. The molecule has 4 rings (SSSR count). The number of nitrogens with one attached hydrogen (secondary N) is 3.